The Labute approximate surface area is 81.1 Å². The second-order valence-electron chi connectivity index (χ2n) is 3.76. The molecule has 2 heteroatoms. The third-order valence-electron chi connectivity index (χ3n) is 2.98. The first kappa shape index (κ1) is 7.51. The highest BCUT2D eigenvalue weighted by Gasteiger charge is 2.30. The number of aryl methyl sites for hydroxylation is 1. The quantitative estimate of drug-likeness (QED) is 0.614. The van der Waals surface area contributed by atoms with Crippen molar-refractivity contribution in [2.75, 3.05) is 0 Å². The van der Waals surface area contributed by atoms with Gasteiger partial charge in [-0.05, 0) is 47.4 Å². The lowest BCUT2D eigenvalue weighted by atomic mass is 9.85. The summed E-state index contributed by atoms with van der Waals surface area (Å²) < 4.78 is 0. The first-order chi connectivity index (χ1) is 6.34. The van der Waals surface area contributed by atoms with Gasteiger partial charge in [-0.1, -0.05) is 0 Å². The average molecular weight is 190 g/mol. The molecule has 0 aliphatic heterocycles. The van der Waals surface area contributed by atoms with Crippen molar-refractivity contribution in [3.63, 3.8) is 0 Å². The van der Waals surface area contributed by atoms with Gasteiger partial charge in [0.25, 0.3) is 0 Å². The van der Waals surface area contributed by atoms with Crippen LogP contribution in [0.5, 0.6) is 0 Å². The molecule has 0 N–H and O–H groups in total. The number of carbonyl (C=O) groups excluding carboxylic acids is 1. The van der Waals surface area contributed by atoms with E-state index >= 15 is 0 Å². The van der Waals surface area contributed by atoms with Gasteiger partial charge in [0.15, 0.2) is 5.78 Å². The van der Waals surface area contributed by atoms with Crippen LogP contribution in [0.3, 0.4) is 0 Å². The molecule has 2 aliphatic rings. The number of ketones is 1. The Morgan fingerprint density at radius 2 is 2.38 bits per heavy atom. The van der Waals surface area contributed by atoms with E-state index in [1.165, 1.54) is 28.9 Å². The summed E-state index contributed by atoms with van der Waals surface area (Å²) in [6.45, 7) is 0. The van der Waals surface area contributed by atoms with E-state index < -0.39 is 0 Å². The molecule has 1 unspecified atom stereocenters. The smallest absolute Gasteiger partial charge is 0.156 e. The zero-order valence-corrected chi connectivity index (χ0v) is 8.06. The molecule has 0 bridgehead atoms. The highest BCUT2D eigenvalue weighted by molar-refractivity contribution is 7.10. The number of thiophene rings is 1. The van der Waals surface area contributed by atoms with Gasteiger partial charge in [-0.15, -0.1) is 11.3 Å². The fourth-order valence-electron chi connectivity index (χ4n) is 2.36. The number of carbonyl (C=O) groups is 1. The van der Waals surface area contributed by atoms with E-state index in [0.29, 0.717) is 11.7 Å². The van der Waals surface area contributed by atoms with Gasteiger partial charge in [-0.3, -0.25) is 4.79 Å². The van der Waals surface area contributed by atoms with E-state index in [4.69, 9.17) is 0 Å². The molecule has 0 spiro atoms. The number of rotatable bonds is 0. The van der Waals surface area contributed by atoms with Crippen LogP contribution in [0.1, 0.15) is 23.3 Å². The lowest BCUT2D eigenvalue weighted by Crippen LogP contribution is -2.08. The van der Waals surface area contributed by atoms with Gasteiger partial charge in [-0.2, -0.15) is 0 Å². The van der Waals surface area contributed by atoms with Crippen LogP contribution in [0.2, 0.25) is 0 Å². The van der Waals surface area contributed by atoms with Gasteiger partial charge in [0.2, 0.25) is 0 Å². The second kappa shape index (κ2) is 2.55. The number of hydrogen-bond acceptors (Lipinski definition) is 2. The SMILES string of the molecule is O=C1C=C2c3ccsc3CCC2C1. The van der Waals surface area contributed by atoms with Gasteiger partial charge in [0.1, 0.15) is 0 Å². The third-order valence-corrected chi connectivity index (χ3v) is 3.96. The van der Waals surface area contributed by atoms with E-state index in [1.54, 1.807) is 0 Å². The van der Waals surface area contributed by atoms with Crippen molar-refractivity contribution in [1.29, 1.82) is 0 Å². The molecule has 2 aliphatic carbocycles. The van der Waals surface area contributed by atoms with Crippen LogP contribution in [0.4, 0.5) is 0 Å². The molecule has 1 aromatic heterocycles. The summed E-state index contributed by atoms with van der Waals surface area (Å²) in [5.74, 6) is 0.855. The number of allylic oxidation sites excluding steroid dienone is 2. The van der Waals surface area contributed by atoms with Crippen molar-refractivity contribution in [3.8, 4) is 0 Å². The fourth-order valence-corrected chi connectivity index (χ4v) is 3.27. The molecule has 1 atom stereocenters. The number of fused-ring (bicyclic) bond motifs is 3. The van der Waals surface area contributed by atoms with Crippen LogP contribution >= 0.6 is 11.3 Å². The Morgan fingerprint density at radius 3 is 3.31 bits per heavy atom. The van der Waals surface area contributed by atoms with Crippen molar-refractivity contribution >= 4 is 22.7 Å². The highest BCUT2D eigenvalue weighted by atomic mass is 32.1. The first-order valence-corrected chi connectivity index (χ1v) is 5.54. The maximum atomic E-state index is 11.3. The molecule has 1 heterocycles. The predicted octanol–water partition coefficient (Wildman–Crippen LogP) is 2.67. The summed E-state index contributed by atoms with van der Waals surface area (Å²) in [5.41, 5.74) is 2.67. The van der Waals surface area contributed by atoms with E-state index in [-0.39, 0.29) is 0 Å². The maximum absolute atomic E-state index is 11.3. The summed E-state index contributed by atoms with van der Waals surface area (Å²) in [7, 11) is 0. The topological polar surface area (TPSA) is 17.1 Å². The van der Waals surface area contributed by atoms with Crippen LogP contribution in [-0.2, 0) is 11.2 Å². The van der Waals surface area contributed by atoms with Gasteiger partial charge >= 0.3 is 0 Å². The van der Waals surface area contributed by atoms with E-state index in [1.807, 2.05) is 17.4 Å². The van der Waals surface area contributed by atoms with Crippen LogP contribution in [0.15, 0.2) is 17.5 Å². The Kier molecular flexibility index (Phi) is 1.47. The lowest BCUT2D eigenvalue weighted by Gasteiger charge is -2.20. The van der Waals surface area contributed by atoms with E-state index in [9.17, 15) is 4.79 Å². The first-order valence-electron chi connectivity index (χ1n) is 4.66. The summed E-state index contributed by atoms with van der Waals surface area (Å²) in [6, 6.07) is 2.16. The standard InChI is InChI=1S/C11H10OS/c12-8-5-7-1-2-11-9(3-4-13-11)10(7)6-8/h3-4,6-7H,1-2,5H2. The molecule has 0 radical (unpaired) electrons. The van der Waals surface area contributed by atoms with Crippen molar-refractivity contribution in [3.05, 3.63) is 28.0 Å². The van der Waals surface area contributed by atoms with Gasteiger partial charge < -0.3 is 0 Å². The monoisotopic (exact) mass is 190 g/mol. The molecule has 0 saturated carbocycles. The van der Waals surface area contributed by atoms with Gasteiger partial charge in [0.05, 0.1) is 0 Å². The molecule has 66 valence electrons. The molecule has 0 saturated heterocycles. The van der Waals surface area contributed by atoms with Gasteiger partial charge in [-0.25, -0.2) is 0 Å². The van der Waals surface area contributed by atoms with Crippen molar-refractivity contribution in [2.24, 2.45) is 5.92 Å². The summed E-state index contributed by atoms with van der Waals surface area (Å²) in [5, 5.41) is 2.14. The van der Waals surface area contributed by atoms with Gasteiger partial charge in [0, 0.05) is 11.3 Å². The Balaban J connectivity index is 2.16. The van der Waals surface area contributed by atoms with E-state index in [2.05, 4.69) is 11.4 Å². The summed E-state index contributed by atoms with van der Waals surface area (Å²) >= 11 is 1.82. The molecular formula is C11H10OS. The fraction of sp³-hybridized carbons (Fsp3) is 0.364. The average Bonchev–Trinajstić information content (AvgIpc) is 2.65. The lowest BCUT2D eigenvalue weighted by molar-refractivity contribution is -0.114. The molecular weight excluding hydrogens is 180 g/mol. The number of hydrogen-bond donors (Lipinski definition) is 0. The van der Waals surface area contributed by atoms with Crippen molar-refractivity contribution < 1.29 is 4.79 Å². The molecule has 0 aromatic carbocycles. The Hall–Kier alpha value is -0.890. The van der Waals surface area contributed by atoms with E-state index in [0.717, 1.165) is 6.42 Å². The normalized spacial score (nSPS) is 25.4. The molecule has 3 rings (SSSR count). The van der Waals surface area contributed by atoms with Crippen LogP contribution in [-0.4, -0.2) is 5.78 Å². The Bertz CT molecular complexity index is 400. The minimum absolute atomic E-state index is 0.319. The minimum Gasteiger partial charge on any atom is -0.295 e. The van der Waals surface area contributed by atoms with Crippen molar-refractivity contribution in [2.45, 2.75) is 19.3 Å². The third kappa shape index (κ3) is 1.02. The summed E-state index contributed by atoms with van der Waals surface area (Å²) in [6.07, 6.45) is 4.95. The van der Waals surface area contributed by atoms with Crippen LogP contribution in [0, 0.1) is 5.92 Å². The maximum Gasteiger partial charge on any atom is 0.156 e. The molecule has 13 heavy (non-hydrogen) atoms. The largest absolute Gasteiger partial charge is 0.295 e. The second-order valence-corrected chi connectivity index (χ2v) is 4.76. The van der Waals surface area contributed by atoms with Crippen LogP contribution < -0.4 is 0 Å². The molecule has 1 aromatic rings. The van der Waals surface area contributed by atoms with Crippen molar-refractivity contribution in [1.82, 2.24) is 0 Å². The molecule has 0 amide bonds. The Morgan fingerprint density at radius 1 is 1.46 bits per heavy atom. The zero-order valence-electron chi connectivity index (χ0n) is 7.25. The molecule has 1 nitrogen and oxygen atoms in total. The van der Waals surface area contributed by atoms with Crippen LogP contribution in [0.25, 0.3) is 5.57 Å². The zero-order chi connectivity index (χ0) is 8.84. The minimum atomic E-state index is 0.319. The summed E-state index contributed by atoms with van der Waals surface area (Å²) in [4.78, 5) is 12.7. The molecule has 0 fully saturated rings. The predicted molar refractivity (Wildman–Crippen MR) is 53.7 cm³/mol. The highest BCUT2D eigenvalue weighted by Crippen LogP contribution is 2.42.